The number of hydrogen-bond acceptors (Lipinski definition) is 3. The van der Waals surface area contributed by atoms with Crippen molar-refractivity contribution in [2.75, 3.05) is 19.3 Å². The van der Waals surface area contributed by atoms with Crippen LogP contribution >= 0.6 is 11.8 Å². The van der Waals surface area contributed by atoms with Crippen LogP contribution in [0.4, 0.5) is 4.79 Å². The van der Waals surface area contributed by atoms with Gasteiger partial charge in [0.15, 0.2) is 0 Å². The van der Waals surface area contributed by atoms with Crippen LogP contribution in [0.15, 0.2) is 0 Å². The van der Waals surface area contributed by atoms with E-state index in [1.165, 1.54) is 32.1 Å². The summed E-state index contributed by atoms with van der Waals surface area (Å²) in [6.07, 6.45) is 8.78. The Hall–Kier alpha value is -0.710. The molecular formula is C12H20N2O2S. The minimum atomic E-state index is -0.208. The third-order valence-electron chi connectivity index (χ3n) is 3.82. The Morgan fingerprint density at radius 1 is 1.29 bits per heavy atom. The summed E-state index contributed by atoms with van der Waals surface area (Å²) in [5.74, 6) is -0.145. The van der Waals surface area contributed by atoms with E-state index in [4.69, 9.17) is 0 Å². The van der Waals surface area contributed by atoms with E-state index < -0.39 is 0 Å². The first-order valence-electron chi connectivity index (χ1n) is 6.29. The lowest BCUT2D eigenvalue weighted by Gasteiger charge is -2.40. The van der Waals surface area contributed by atoms with Crippen molar-refractivity contribution in [3.8, 4) is 0 Å². The number of amides is 3. The SMILES string of the molecule is CSC1(CN2CCC(=O)NC2=O)CCCCC1. The van der Waals surface area contributed by atoms with Gasteiger partial charge in [0, 0.05) is 24.3 Å². The molecule has 0 aromatic rings. The topological polar surface area (TPSA) is 49.4 Å². The number of rotatable bonds is 3. The molecule has 0 unspecified atom stereocenters. The van der Waals surface area contributed by atoms with Gasteiger partial charge >= 0.3 is 6.03 Å². The highest BCUT2D eigenvalue weighted by Gasteiger charge is 2.36. The van der Waals surface area contributed by atoms with Crippen molar-refractivity contribution in [3.63, 3.8) is 0 Å². The molecule has 1 saturated carbocycles. The van der Waals surface area contributed by atoms with Crippen LogP contribution in [-0.4, -0.2) is 40.9 Å². The van der Waals surface area contributed by atoms with Crippen LogP contribution in [0.1, 0.15) is 38.5 Å². The average Bonchev–Trinajstić information content (AvgIpc) is 2.34. The van der Waals surface area contributed by atoms with Gasteiger partial charge in [-0.2, -0.15) is 11.8 Å². The first-order valence-corrected chi connectivity index (χ1v) is 7.52. The first-order chi connectivity index (χ1) is 8.15. The summed E-state index contributed by atoms with van der Waals surface area (Å²) in [7, 11) is 0. The normalized spacial score (nSPS) is 24.6. The molecule has 1 saturated heterocycles. The van der Waals surface area contributed by atoms with Gasteiger partial charge in [-0.25, -0.2) is 4.79 Å². The first kappa shape index (κ1) is 12.7. The third-order valence-corrected chi connectivity index (χ3v) is 5.22. The standard InChI is InChI=1S/C12H20N2O2S/c1-17-12(6-3-2-4-7-12)9-14-8-5-10(15)13-11(14)16/h2-9H2,1H3,(H,13,15,16). The highest BCUT2D eigenvalue weighted by Crippen LogP contribution is 2.39. The molecule has 4 nitrogen and oxygen atoms in total. The predicted octanol–water partition coefficient (Wildman–Crippen LogP) is 1.99. The number of carbonyl (C=O) groups is 2. The van der Waals surface area contributed by atoms with Crippen molar-refractivity contribution >= 4 is 23.7 Å². The van der Waals surface area contributed by atoms with Crippen LogP contribution in [0.5, 0.6) is 0 Å². The lowest BCUT2D eigenvalue weighted by atomic mass is 9.87. The number of nitrogens with zero attached hydrogens (tertiary/aromatic N) is 1. The summed E-state index contributed by atoms with van der Waals surface area (Å²) in [6.45, 7) is 1.36. The molecule has 96 valence electrons. The van der Waals surface area contributed by atoms with E-state index in [1.807, 2.05) is 16.7 Å². The second kappa shape index (κ2) is 5.29. The maximum Gasteiger partial charge on any atom is 0.324 e. The van der Waals surface area contributed by atoms with Crippen LogP contribution in [0.25, 0.3) is 0 Å². The molecule has 1 aliphatic carbocycles. The van der Waals surface area contributed by atoms with Gasteiger partial charge in [0.05, 0.1) is 0 Å². The smallest absolute Gasteiger partial charge is 0.323 e. The van der Waals surface area contributed by atoms with Gasteiger partial charge in [0.25, 0.3) is 0 Å². The number of imide groups is 1. The number of urea groups is 1. The zero-order chi connectivity index (χ0) is 12.3. The molecule has 0 radical (unpaired) electrons. The van der Waals surface area contributed by atoms with Gasteiger partial charge in [0.1, 0.15) is 0 Å². The van der Waals surface area contributed by atoms with E-state index in [0.717, 1.165) is 6.54 Å². The lowest BCUT2D eigenvalue weighted by molar-refractivity contribution is -0.121. The van der Waals surface area contributed by atoms with Gasteiger partial charge in [0.2, 0.25) is 5.91 Å². The van der Waals surface area contributed by atoms with Crippen LogP contribution in [0.3, 0.4) is 0 Å². The highest BCUT2D eigenvalue weighted by atomic mass is 32.2. The van der Waals surface area contributed by atoms with Crippen LogP contribution in [0, 0.1) is 0 Å². The summed E-state index contributed by atoms with van der Waals surface area (Å²) in [5, 5.41) is 2.40. The van der Waals surface area contributed by atoms with Gasteiger partial charge in [-0.05, 0) is 19.1 Å². The second-order valence-electron chi connectivity index (χ2n) is 4.97. The highest BCUT2D eigenvalue weighted by molar-refractivity contribution is 8.00. The van der Waals surface area contributed by atoms with Crippen LogP contribution in [0.2, 0.25) is 0 Å². The van der Waals surface area contributed by atoms with E-state index in [-0.39, 0.29) is 16.7 Å². The van der Waals surface area contributed by atoms with Crippen molar-refractivity contribution in [2.45, 2.75) is 43.3 Å². The fourth-order valence-electron chi connectivity index (χ4n) is 2.72. The van der Waals surface area contributed by atoms with Crippen molar-refractivity contribution < 1.29 is 9.59 Å². The molecule has 3 amide bonds. The molecule has 2 rings (SSSR count). The Morgan fingerprint density at radius 3 is 2.59 bits per heavy atom. The number of carbonyl (C=O) groups excluding carboxylic acids is 2. The molecule has 1 N–H and O–H groups in total. The van der Waals surface area contributed by atoms with E-state index in [2.05, 4.69) is 11.6 Å². The maximum atomic E-state index is 11.7. The van der Waals surface area contributed by atoms with Gasteiger partial charge in [-0.15, -0.1) is 0 Å². The Balaban J connectivity index is 1.98. The minimum absolute atomic E-state index is 0.145. The van der Waals surface area contributed by atoms with Gasteiger partial charge < -0.3 is 4.90 Å². The molecular weight excluding hydrogens is 236 g/mol. The van der Waals surface area contributed by atoms with Crippen molar-refractivity contribution in [1.82, 2.24) is 10.2 Å². The molecule has 0 bridgehead atoms. The van der Waals surface area contributed by atoms with Crippen molar-refractivity contribution in [2.24, 2.45) is 0 Å². The quantitative estimate of drug-likeness (QED) is 0.840. The number of nitrogens with one attached hydrogen (secondary N) is 1. The Bertz CT molecular complexity index is 314. The minimum Gasteiger partial charge on any atom is -0.323 e. The Kier molecular flexibility index (Phi) is 3.97. The molecule has 1 aliphatic heterocycles. The van der Waals surface area contributed by atoms with E-state index in [1.54, 1.807) is 0 Å². The monoisotopic (exact) mass is 256 g/mol. The van der Waals surface area contributed by atoms with E-state index in [0.29, 0.717) is 13.0 Å². The summed E-state index contributed by atoms with van der Waals surface area (Å²) < 4.78 is 0.218. The van der Waals surface area contributed by atoms with Crippen molar-refractivity contribution in [3.05, 3.63) is 0 Å². The van der Waals surface area contributed by atoms with Crippen molar-refractivity contribution in [1.29, 1.82) is 0 Å². The molecule has 0 aromatic carbocycles. The molecule has 2 fully saturated rings. The number of thioether (sulfide) groups is 1. The summed E-state index contributed by atoms with van der Waals surface area (Å²) in [4.78, 5) is 24.6. The molecule has 1 heterocycles. The van der Waals surface area contributed by atoms with Crippen LogP contribution < -0.4 is 5.32 Å². The third kappa shape index (κ3) is 2.94. The fourth-order valence-corrected chi connectivity index (χ4v) is 3.70. The molecule has 17 heavy (non-hydrogen) atoms. The lowest BCUT2D eigenvalue weighted by Crippen LogP contribution is -2.54. The Labute approximate surface area is 106 Å². The molecule has 2 aliphatic rings. The van der Waals surface area contributed by atoms with Gasteiger partial charge in [-0.3, -0.25) is 10.1 Å². The summed E-state index contributed by atoms with van der Waals surface area (Å²) in [5.41, 5.74) is 0. The fraction of sp³-hybridized carbons (Fsp3) is 0.833. The zero-order valence-corrected chi connectivity index (χ0v) is 11.1. The second-order valence-corrected chi connectivity index (χ2v) is 6.25. The Morgan fingerprint density at radius 2 is 2.00 bits per heavy atom. The summed E-state index contributed by atoms with van der Waals surface area (Å²) >= 11 is 1.88. The van der Waals surface area contributed by atoms with Crippen LogP contribution in [-0.2, 0) is 4.79 Å². The maximum absolute atomic E-state index is 11.7. The molecule has 0 aromatic heterocycles. The summed E-state index contributed by atoms with van der Waals surface area (Å²) in [6, 6.07) is -0.208. The molecule has 0 spiro atoms. The molecule has 0 atom stereocenters. The van der Waals surface area contributed by atoms with E-state index in [9.17, 15) is 9.59 Å². The zero-order valence-electron chi connectivity index (χ0n) is 10.3. The molecule has 5 heteroatoms. The predicted molar refractivity (Wildman–Crippen MR) is 69.1 cm³/mol. The van der Waals surface area contributed by atoms with Gasteiger partial charge in [-0.1, -0.05) is 19.3 Å². The number of hydrogen-bond donors (Lipinski definition) is 1. The average molecular weight is 256 g/mol. The largest absolute Gasteiger partial charge is 0.324 e. The van der Waals surface area contributed by atoms with E-state index >= 15 is 0 Å².